The van der Waals surface area contributed by atoms with E-state index in [1.54, 1.807) is 26.2 Å². The number of nitrogens with one attached hydrogen (secondary N) is 1. The Morgan fingerprint density at radius 2 is 1.60 bits per heavy atom. The minimum atomic E-state index is -3.58. The number of carbonyl (C=O) groups is 1. The minimum absolute atomic E-state index is 0.174. The number of sulfonamides is 1. The van der Waals surface area contributed by atoms with Crippen molar-refractivity contribution in [3.8, 4) is 5.75 Å². The fourth-order valence-corrected chi connectivity index (χ4v) is 4.56. The van der Waals surface area contributed by atoms with Gasteiger partial charge in [0.1, 0.15) is 5.75 Å². The number of anilines is 1. The highest BCUT2D eigenvalue weighted by Crippen LogP contribution is 2.25. The second kappa shape index (κ2) is 9.59. The molecule has 7 nitrogen and oxygen atoms in total. The van der Waals surface area contributed by atoms with Crippen LogP contribution in [0, 0.1) is 20.8 Å². The van der Waals surface area contributed by atoms with E-state index >= 15 is 0 Å². The highest BCUT2D eigenvalue weighted by Gasteiger charge is 2.20. The van der Waals surface area contributed by atoms with Gasteiger partial charge in [-0.25, -0.2) is 12.7 Å². The molecular weight excluding hydrogens is 402 g/mol. The fraction of sp³-hybridized carbons (Fsp3) is 0.409. The smallest absolute Gasteiger partial charge is 0.242 e. The van der Waals surface area contributed by atoms with Gasteiger partial charge in [0.05, 0.1) is 18.6 Å². The normalized spacial score (nSPS) is 11.8. The molecule has 0 fully saturated rings. The van der Waals surface area contributed by atoms with Crippen molar-refractivity contribution in [2.45, 2.75) is 32.2 Å². The van der Waals surface area contributed by atoms with Crippen molar-refractivity contribution in [3.63, 3.8) is 0 Å². The molecule has 0 spiro atoms. The Kier molecular flexibility index (Phi) is 7.63. The van der Waals surface area contributed by atoms with Gasteiger partial charge in [-0.1, -0.05) is 18.2 Å². The lowest BCUT2D eigenvalue weighted by molar-refractivity contribution is -0.117. The quantitative estimate of drug-likeness (QED) is 0.693. The van der Waals surface area contributed by atoms with E-state index in [1.165, 1.54) is 20.2 Å². The van der Waals surface area contributed by atoms with Gasteiger partial charge in [-0.05, 0) is 62.2 Å². The van der Waals surface area contributed by atoms with E-state index < -0.39 is 10.0 Å². The fourth-order valence-electron chi connectivity index (χ4n) is 3.42. The summed E-state index contributed by atoms with van der Waals surface area (Å²) in [5, 5.41) is 2.79. The summed E-state index contributed by atoms with van der Waals surface area (Å²) in [7, 11) is 2.91. The SMILES string of the molecule is COc1c(C)cc(CN(C)CC(=O)Nc2ccc(C)c(S(=O)(=O)N(C)C)c2)cc1C. The molecule has 0 saturated carbocycles. The summed E-state index contributed by atoms with van der Waals surface area (Å²) in [5.41, 5.74) is 4.29. The molecule has 0 unspecified atom stereocenters. The predicted octanol–water partition coefficient (Wildman–Crippen LogP) is 2.94. The van der Waals surface area contributed by atoms with Crippen molar-refractivity contribution in [3.05, 3.63) is 52.6 Å². The van der Waals surface area contributed by atoms with Crippen molar-refractivity contribution in [2.24, 2.45) is 0 Å². The summed E-state index contributed by atoms with van der Waals surface area (Å²) >= 11 is 0. The average Bonchev–Trinajstić information content (AvgIpc) is 2.62. The Morgan fingerprint density at radius 1 is 1.00 bits per heavy atom. The number of hydrogen-bond acceptors (Lipinski definition) is 5. The van der Waals surface area contributed by atoms with Crippen molar-refractivity contribution >= 4 is 21.6 Å². The number of hydrogen-bond donors (Lipinski definition) is 1. The molecule has 0 aliphatic rings. The molecule has 0 radical (unpaired) electrons. The Balaban J connectivity index is 2.07. The number of nitrogens with zero attached hydrogens (tertiary/aromatic N) is 2. The lowest BCUT2D eigenvalue weighted by atomic mass is 10.1. The highest BCUT2D eigenvalue weighted by molar-refractivity contribution is 7.89. The molecule has 164 valence electrons. The van der Waals surface area contributed by atoms with Crippen LogP contribution in [0.25, 0.3) is 0 Å². The number of carbonyl (C=O) groups excluding carboxylic acids is 1. The molecule has 0 aliphatic carbocycles. The van der Waals surface area contributed by atoms with Gasteiger partial charge >= 0.3 is 0 Å². The van der Waals surface area contributed by atoms with Gasteiger partial charge in [0.2, 0.25) is 15.9 Å². The largest absolute Gasteiger partial charge is 0.496 e. The molecule has 0 aromatic heterocycles. The number of aryl methyl sites for hydroxylation is 3. The van der Waals surface area contributed by atoms with Crippen LogP contribution in [0.5, 0.6) is 5.75 Å². The molecule has 0 saturated heterocycles. The molecule has 0 aliphatic heterocycles. The zero-order valence-electron chi connectivity index (χ0n) is 18.7. The van der Waals surface area contributed by atoms with Crippen LogP contribution in [-0.4, -0.2) is 58.3 Å². The third-order valence-corrected chi connectivity index (χ3v) is 6.78. The predicted molar refractivity (Wildman–Crippen MR) is 119 cm³/mol. The van der Waals surface area contributed by atoms with Crippen LogP contribution < -0.4 is 10.1 Å². The van der Waals surface area contributed by atoms with Crippen LogP contribution in [0.15, 0.2) is 35.2 Å². The molecule has 2 aromatic rings. The molecule has 30 heavy (non-hydrogen) atoms. The number of likely N-dealkylation sites (N-methyl/N-ethyl adjacent to an activating group) is 1. The van der Waals surface area contributed by atoms with Crippen molar-refractivity contribution in [1.29, 1.82) is 0 Å². The van der Waals surface area contributed by atoms with Gasteiger partial charge in [0, 0.05) is 26.3 Å². The zero-order chi connectivity index (χ0) is 22.6. The Hall–Kier alpha value is -2.42. The van der Waals surface area contributed by atoms with E-state index in [0.29, 0.717) is 17.8 Å². The van der Waals surface area contributed by atoms with Crippen molar-refractivity contribution < 1.29 is 17.9 Å². The third kappa shape index (κ3) is 5.59. The number of methoxy groups -OCH3 is 1. The van der Waals surface area contributed by atoms with Crippen molar-refractivity contribution in [2.75, 3.05) is 40.1 Å². The Bertz CT molecular complexity index is 1010. The third-order valence-electron chi connectivity index (χ3n) is 4.82. The topological polar surface area (TPSA) is 79.0 Å². The summed E-state index contributed by atoms with van der Waals surface area (Å²) < 4.78 is 31.5. The van der Waals surface area contributed by atoms with Gasteiger partial charge in [0.15, 0.2) is 0 Å². The lowest BCUT2D eigenvalue weighted by Gasteiger charge is -2.19. The molecule has 2 aromatic carbocycles. The maximum Gasteiger partial charge on any atom is 0.242 e. The maximum absolute atomic E-state index is 12.5. The van der Waals surface area contributed by atoms with E-state index in [4.69, 9.17) is 4.74 Å². The molecule has 0 atom stereocenters. The second-order valence-electron chi connectivity index (χ2n) is 7.75. The van der Waals surface area contributed by atoms with E-state index in [9.17, 15) is 13.2 Å². The van der Waals surface area contributed by atoms with Crippen LogP contribution in [0.1, 0.15) is 22.3 Å². The van der Waals surface area contributed by atoms with Gasteiger partial charge in [-0.3, -0.25) is 9.69 Å². The molecule has 1 N–H and O–H groups in total. The first-order valence-corrected chi connectivity index (χ1v) is 11.1. The van der Waals surface area contributed by atoms with Gasteiger partial charge in [-0.2, -0.15) is 0 Å². The monoisotopic (exact) mass is 433 g/mol. The van der Waals surface area contributed by atoms with Crippen LogP contribution in [0.3, 0.4) is 0 Å². The van der Waals surface area contributed by atoms with Crippen molar-refractivity contribution in [1.82, 2.24) is 9.21 Å². The maximum atomic E-state index is 12.5. The molecule has 0 heterocycles. The second-order valence-corrected chi connectivity index (χ2v) is 9.87. The first-order valence-electron chi connectivity index (χ1n) is 9.61. The molecular formula is C22H31N3O4S. The minimum Gasteiger partial charge on any atom is -0.496 e. The zero-order valence-corrected chi connectivity index (χ0v) is 19.6. The van der Waals surface area contributed by atoms with E-state index in [0.717, 1.165) is 26.7 Å². The van der Waals surface area contributed by atoms with Crippen LogP contribution in [-0.2, 0) is 21.4 Å². The average molecular weight is 434 g/mol. The van der Waals surface area contributed by atoms with Gasteiger partial charge < -0.3 is 10.1 Å². The number of amides is 1. The summed E-state index contributed by atoms with van der Waals surface area (Å²) in [4.78, 5) is 14.6. The molecule has 0 bridgehead atoms. The van der Waals surface area contributed by atoms with E-state index in [1.807, 2.05) is 25.8 Å². The molecule has 2 rings (SSSR count). The first-order chi connectivity index (χ1) is 13.9. The number of ether oxygens (including phenoxy) is 1. The molecule has 1 amide bonds. The summed E-state index contributed by atoms with van der Waals surface area (Å²) in [6.07, 6.45) is 0. The summed E-state index contributed by atoms with van der Waals surface area (Å²) in [6.45, 7) is 6.51. The van der Waals surface area contributed by atoms with E-state index in [2.05, 4.69) is 17.4 Å². The van der Waals surface area contributed by atoms with Gasteiger partial charge in [0.25, 0.3) is 0 Å². The summed E-state index contributed by atoms with van der Waals surface area (Å²) in [6, 6.07) is 9.01. The highest BCUT2D eigenvalue weighted by atomic mass is 32.2. The standard InChI is InChI=1S/C22H31N3O4S/c1-15-8-9-19(12-20(15)30(27,28)24(4)5)23-21(26)14-25(6)13-18-10-16(2)22(29-7)17(3)11-18/h8-12H,13-14H2,1-7H3,(H,23,26). The molecule has 8 heteroatoms. The summed E-state index contributed by atoms with van der Waals surface area (Å²) in [5.74, 6) is 0.665. The number of benzene rings is 2. The van der Waals surface area contributed by atoms with Crippen LogP contribution in [0.2, 0.25) is 0 Å². The van der Waals surface area contributed by atoms with Crippen LogP contribution in [0.4, 0.5) is 5.69 Å². The Labute approximate surface area is 179 Å². The lowest BCUT2D eigenvalue weighted by Crippen LogP contribution is -2.30. The Morgan fingerprint density at radius 3 is 2.13 bits per heavy atom. The van der Waals surface area contributed by atoms with Crippen LogP contribution >= 0.6 is 0 Å². The first kappa shape index (κ1) is 23.9. The number of rotatable bonds is 8. The van der Waals surface area contributed by atoms with Gasteiger partial charge in [-0.15, -0.1) is 0 Å². The van der Waals surface area contributed by atoms with E-state index in [-0.39, 0.29) is 17.3 Å².